The average molecular weight is 418 g/mol. The van der Waals surface area contributed by atoms with Crippen molar-refractivity contribution >= 4 is 34.1 Å². The molecule has 2 aliphatic rings. The van der Waals surface area contributed by atoms with Crippen LogP contribution in [-0.2, 0) is 6.54 Å². The summed E-state index contributed by atoms with van der Waals surface area (Å²) in [6.45, 7) is 7.22. The normalized spacial score (nSPS) is 11.3. The molecular formula is C25H24ClN3O. The van der Waals surface area contributed by atoms with Gasteiger partial charge in [0.15, 0.2) is 0 Å². The van der Waals surface area contributed by atoms with Crippen molar-refractivity contribution in [3.05, 3.63) is 82.9 Å². The molecule has 0 aromatic heterocycles. The third kappa shape index (κ3) is 4.02. The van der Waals surface area contributed by atoms with Crippen molar-refractivity contribution in [2.24, 2.45) is 0 Å². The molecule has 0 saturated carbocycles. The molecule has 5 heteroatoms. The SMILES string of the molecule is CCN(CC)Cc1cccc2c3cccc(NC(=O)c4ccccc4Cl)cc-3nc12. The molecule has 1 aliphatic heterocycles. The van der Waals surface area contributed by atoms with Gasteiger partial charge >= 0.3 is 0 Å². The smallest absolute Gasteiger partial charge is 0.257 e. The number of amides is 1. The maximum atomic E-state index is 12.7. The molecule has 2 aromatic carbocycles. The number of nitrogens with zero attached hydrogens (tertiary/aromatic N) is 2. The lowest BCUT2D eigenvalue weighted by atomic mass is 10.1. The van der Waals surface area contributed by atoms with E-state index in [1.54, 1.807) is 24.3 Å². The van der Waals surface area contributed by atoms with Gasteiger partial charge in [-0.3, -0.25) is 9.69 Å². The number of carbonyl (C=O) groups excluding carboxylic acids is 1. The zero-order chi connectivity index (χ0) is 21.1. The highest BCUT2D eigenvalue weighted by Crippen LogP contribution is 2.34. The maximum Gasteiger partial charge on any atom is 0.257 e. The van der Waals surface area contributed by atoms with Crippen LogP contribution in [0.25, 0.3) is 22.2 Å². The van der Waals surface area contributed by atoms with Gasteiger partial charge < -0.3 is 5.32 Å². The van der Waals surface area contributed by atoms with Crippen LogP contribution in [0.5, 0.6) is 0 Å². The molecule has 1 amide bonds. The Balaban J connectivity index is 1.71. The molecule has 4 nitrogen and oxygen atoms in total. The number of carbonyl (C=O) groups is 1. The topological polar surface area (TPSA) is 45.2 Å². The van der Waals surface area contributed by atoms with Crippen LogP contribution in [0.2, 0.25) is 5.02 Å². The van der Waals surface area contributed by atoms with Gasteiger partial charge in [0, 0.05) is 23.2 Å². The highest BCUT2D eigenvalue weighted by molar-refractivity contribution is 6.34. The second-order valence-electron chi connectivity index (χ2n) is 7.24. The molecule has 30 heavy (non-hydrogen) atoms. The van der Waals surface area contributed by atoms with E-state index in [-0.39, 0.29) is 5.91 Å². The van der Waals surface area contributed by atoms with Gasteiger partial charge in [0.2, 0.25) is 0 Å². The Morgan fingerprint density at radius 2 is 1.77 bits per heavy atom. The van der Waals surface area contributed by atoms with Gasteiger partial charge in [-0.2, -0.15) is 0 Å². The molecule has 0 spiro atoms. The van der Waals surface area contributed by atoms with E-state index in [9.17, 15) is 4.79 Å². The first-order valence-corrected chi connectivity index (χ1v) is 10.6. The van der Waals surface area contributed by atoms with Gasteiger partial charge in [0.05, 0.1) is 21.8 Å². The molecule has 0 radical (unpaired) electrons. The third-order valence-corrected chi connectivity index (χ3v) is 5.74. The molecule has 1 aliphatic carbocycles. The number of hydrogen-bond acceptors (Lipinski definition) is 3. The predicted octanol–water partition coefficient (Wildman–Crippen LogP) is 6.09. The summed E-state index contributed by atoms with van der Waals surface area (Å²) in [7, 11) is 0. The molecule has 0 fully saturated rings. The summed E-state index contributed by atoms with van der Waals surface area (Å²) in [5, 5.41) is 4.51. The van der Waals surface area contributed by atoms with Crippen LogP contribution < -0.4 is 5.32 Å². The van der Waals surface area contributed by atoms with Crippen molar-refractivity contribution in [1.29, 1.82) is 0 Å². The second-order valence-corrected chi connectivity index (χ2v) is 7.65. The summed E-state index contributed by atoms with van der Waals surface area (Å²) < 4.78 is 0. The number of hydrogen-bond donors (Lipinski definition) is 1. The Kier molecular flexibility index (Phi) is 5.98. The van der Waals surface area contributed by atoms with Crippen molar-refractivity contribution in [2.75, 3.05) is 18.4 Å². The first kappa shape index (κ1) is 20.3. The minimum atomic E-state index is -0.238. The van der Waals surface area contributed by atoms with Crippen LogP contribution in [0.3, 0.4) is 0 Å². The van der Waals surface area contributed by atoms with E-state index < -0.39 is 0 Å². The number of nitrogens with one attached hydrogen (secondary N) is 1. The number of anilines is 1. The maximum absolute atomic E-state index is 12.7. The lowest BCUT2D eigenvalue weighted by Gasteiger charge is -2.18. The fraction of sp³-hybridized carbons (Fsp3) is 0.200. The van der Waals surface area contributed by atoms with Crippen molar-refractivity contribution in [2.45, 2.75) is 20.4 Å². The Labute approximate surface area is 181 Å². The van der Waals surface area contributed by atoms with Crippen molar-refractivity contribution in [1.82, 2.24) is 9.88 Å². The van der Waals surface area contributed by atoms with Crippen LogP contribution in [0.1, 0.15) is 29.8 Å². The number of aromatic nitrogens is 1. The van der Waals surface area contributed by atoms with E-state index in [2.05, 4.69) is 48.3 Å². The Morgan fingerprint density at radius 3 is 2.53 bits per heavy atom. The summed E-state index contributed by atoms with van der Waals surface area (Å²) in [4.78, 5) is 20.0. The highest BCUT2D eigenvalue weighted by Gasteiger charge is 2.16. The number of fused-ring (bicyclic) bond motifs is 3. The van der Waals surface area contributed by atoms with E-state index in [1.807, 2.05) is 18.2 Å². The van der Waals surface area contributed by atoms with Gasteiger partial charge in [-0.05, 0) is 42.9 Å². The second kappa shape index (κ2) is 8.82. The van der Waals surface area contributed by atoms with Crippen LogP contribution in [-0.4, -0.2) is 28.9 Å². The fourth-order valence-electron chi connectivity index (χ4n) is 3.73. The van der Waals surface area contributed by atoms with E-state index in [1.165, 1.54) is 5.56 Å². The molecule has 0 atom stereocenters. The number of benzene rings is 2. The van der Waals surface area contributed by atoms with Crippen LogP contribution in [0.15, 0.2) is 66.7 Å². The minimum Gasteiger partial charge on any atom is -0.322 e. The average Bonchev–Trinajstić information content (AvgIpc) is 2.97. The summed E-state index contributed by atoms with van der Waals surface area (Å²) >= 11 is 6.17. The number of rotatable bonds is 6. The molecular weight excluding hydrogens is 394 g/mol. The first-order valence-electron chi connectivity index (χ1n) is 10.2. The standard InChI is InChI=1S/C25H24ClN3O/c1-3-29(4-2)16-17-9-7-13-20-19-12-8-10-18(15-23(19)28-24(17)20)27-25(30)21-11-5-6-14-22(21)26/h5-15H,3-4,16H2,1-2H3,(H,27,30). The lowest BCUT2D eigenvalue weighted by Crippen LogP contribution is -2.22. The van der Waals surface area contributed by atoms with Gasteiger partial charge in [-0.25, -0.2) is 4.98 Å². The molecule has 4 rings (SSSR count). The largest absolute Gasteiger partial charge is 0.322 e. The monoisotopic (exact) mass is 417 g/mol. The van der Waals surface area contributed by atoms with Crippen LogP contribution >= 0.6 is 11.6 Å². The molecule has 152 valence electrons. The minimum absolute atomic E-state index is 0.238. The lowest BCUT2D eigenvalue weighted by molar-refractivity contribution is 0.102. The number of halogens is 1. The Hall–Kier alpha value is -2.95. The van der Waals surface area contributed by atoms with E-state index in [0.717, 1.165) is 41.8 Å². The van der Waals surface area contributed by atoms with Crippen molar-refractivity contribution in [3.63, 3.8) is 0 Å². The van der Waals surface area contributed by atoms with Crippen LogP contribution in [0.4, 0.5) is 5.69 Å². The van der Waals surface area contributed by atoms with Crippen molar-refractivity contribution < 1.29 is 4.79 Å². The van der Waals surface area contributed by atoms with E-state index >= 15 is 0 Å². The number of para-hydroxylation sites is 1. The van der Waals surface area contributed by atoms with Gasteiger partial charge in [-0.1, -0.05) is 67.9 Å². The molecule has 0 bridgehead atoms. The predicted molar refractivity (Wildman–Crippen MR) is 124 cm³/mol. The zero-order valence-corrected chi connectivity index (χ0v) is 17.9. The van der Waals surface area contributed by atoms with E-state index in [4.69, 9.17) is 16.6 Å². The van der Waals surface area contributed by atoms with Gasteiger partial charge in [-0.15, -0.1) is 0 Å². The first-order chi connectivity index (χ1) is 14.6. The molecule has 1 heterocycles. The Morgan fingerprint density at radius 1 is 1.00 bits per heavy atom. The van der Waals surface area contributed by atoms with Gasteiger partial charge in [0.25, 0.3) is 5.91 Å². The third-order valence-electron chi connectivity index (χ3n) is 5.41. The van der Waals surface area contributed by atoms with E-state index in [0.29, 0.717) is 16.3 Å². The highest BCUT2D eigenvalue weighted by atomic mass is 35.5. The molecule has 1 N–H and O–H groups in total. The molecule has 0 saturated heterocycles. The van der Waals surface area contributed by atoms with Gasteiger partial charge in [0.1, 0.15) is 0 Å². The quantitative estimate of drug-likeness (QED) is 0.413. The zero-order valence-electron chi connectivity index (χ0n) is 17.2. The summed E-state index contributed by atoms with van der Waals surface area (Å²) in [5.41, 5.74) is 5.30. The van der Waals surface area contributed by atoms with Crippen LogP contribution in [0, 0.1) is 0 Å². The summed E-state index contributed by atoms with van der Waals surface area (Å²) in [5.74, 6) is -0.238. The molecule has 2 aromatic rings. The fourth-order valence-corrected chi connectivity index (χ4v) is 3.95. The summed E-state index contributed by atoms with van der Waals surface area (Å²) in [6, 6.07) is 21.2. The Bertz CT molecular complexity index is 1170. The van der Waals surface area contributed by atoms with Crippen molar-refractivity contribution in [3.8, 4) is 11.3 Å². The summed E-state index contributed by atoms with van der Waals surface area (Å²) in [6.07, 6.45) is 0. The molecule has 0 unspecified atom stereocenters.